The van der Waals surface area contributed by atoms with E-state index in [2.05, 4.69) is 6.92 Å². The van der Waals surface area contributed by atoms with E-state index in [0.29, 0.717) is 5.75 Å². The van der Waals surface area contributed by atoms with Crippen molar-refractivity contribution in [3.05, 3.63) is 29.8 Å². The third-order valence-electron chi connectivity index (χ3n) is 6.54. The molecule has 1 aromatic carbocycles. The number of benzene rings is 1. The van der Waals surface area contributed by atoms with E-state index in [1.54, 1.807) is 6.07 Å². The van der Waals surface area contributed by atoms with Crippen molar-refractivity contribution in [3.8, 4) is 5.75 Å². The lowest BCUT2D eigenvalue weighted by Gasteiger charge is -2.05. The van der Waals surface area contributed by atoms with Gasteiger partial charge in [0.15, 0.2) is 0 Å². The van der Waals surface area contributed by atoms with E-state index in [9.17, 15) is 5.11 Å². The largest absolute Gasteiger partial charge is 0.508 e. The summed E-state index contributed by atoms with van der Waals surface area (Å²) in [5.74, 6) is 0.464. The van der Waals surface area contributed by atoms with Gasteiger partial charge in [-0.25, -0.2) is 0 Å². The molecule has 1 N–H and O–H groups in total. The third-order valence-corrected chi connectivity index (χ3v) is 6.54. The highest BCUT2D eigenvalue weighted by atomic mass is 16.3. The first-order chi connectivity index (χ1) is 14.8. The highest BCUT2D eigenvalue weighted by Gasteiger charge is 1.99. The standard InChI is InChI=1S/C29H52O/c1-2-3-4-5-6-7-8-9-10-11-12-13-14-15-16-17-18-19-20-21-22-25-28-26-23-24-27-29(28)30/h23-24,26-27,30H,2-22,25H2,1H3. The van der Waals surface area contributed by atoms with Crippen LogP contribution in [-0.4, -0.2) is 5.11 Å². The molecule has 174 valence electrons. The summed E-state index contributed by atoms with van der Waals surface area (Å²) in [6.45, 7) is 2.30. The topological polar surface area (TPSA) is 20.2 Å². The molecule has 0 aromatic heterocycles. The number of phenolic OH excluding ortho intramolecular Hbond substituents is 1. The van der Waals surface area contributed by atoms with Crippen LogP contribution in [-0.2, 0) is 6.42 Å². The Morgan fingerprint density at radius 3 is 1.17 bits per heavy atom. The molecule has 0 radical (unpaired) electrons. The summed E-state index contributed by atoms with van der Waals surface area (Å²) in [6.07, 6.45) is 30.9. The van der Waals surface area contributed by atoms with E-state index < -0.39 is 0 Å². The number of hydrogen-bond donors (Lipinski definition) is 1. The fraction of sp³-hybridized carbons (Fsp3) is 0.793. The van der Waals surface area contributed by atoms with E-state index in [4.69, 9.17) is 0 Å². The van der Waals surface area contributed by atoms with Gasteiger partial charge in [-0.1, -0.05) is 154 Å². The molecule has 0 saturated heterocycles. The van der Waals surface area contributed by atoms with Crippen molar-refractivity contribution >= 4 is 0 Å². The molecule has 0 atom stereocenters. The van der Waals surface area contributed by atoms with E-state index in [1.165, 1.54) is 135 Å². The summed E-state index contributed by atoms with van der Waals surface area (Å²) in [4.78, 5) is 0. The van der Waals surface area contributed by atoms with Gasteiger partial charge < -0.3 is 5.11 Å². The summed E-state index contributed by atoms with van der Waals surface area (Å²) >= 11 is 0. The van der Waals surface area contributed by atoms with Gasteiger partial charge in [0.25, 0.3) is 0 Å². The molecule has 0 fully saturated rings. The van der Waals surface area contributed by atoms with Crippen LogP contribution in [0.4, 0.5) is 0 Å². The maximum absolute atomic E-state index is 9.78. The van der Waals surface area contributed by atoms with Crippen LogP contribution in [0.25, 0.3) is 0 Å². The zero-order valence-corrected chi connectivity index (χ0v) is 20.3. The molecule has 0 spiro atoms. The van der Waals surface area contributed by atoms with Crippen LogP contribution in [0.5, 0.6) is 5.75 Å². The van der Waals surface area contributed by atoms with Gasteiger partial charge in [-0.2, -0.15) is 0 Å². The molecule has 0 aliphatic heterocycles. The molecule has 0 saturated carbocycles. The number of aromatic hydroxyl groups is 1. The predicted molar refractivity (Wildman–Crippen MR) is 134 cm³/mol. The molecule has 0 aliphatic carbocycles. The van der Waals surface area contributed by atoms with Crippen molar-refractivity contribution in [2.75, 3.05) is 0 Å². The first kappa shape index (κ1) is 27.1. The first-order valence-electron chi connectivity index (χ1n) is 13.6. The summed E-state index contributed by atoms with van der Waals surface area (Å²) in [5, 5.41) is 9.78. The third kappa shape index (κ3) is 16.8. The van der Waals surface area contributed by atoms with Crippen molar-refractivity contribution in [2.24, 2.45) is 0 Å². The van der Waals surface area contributed by atoms with Crippen LogP contribution in [0.15, 0.2) is 24.3 Å². The molecule has 0 heterocycles. The first-order valence-corrected chi connectivity index (χ1v) is 13.6. The molecular formula is C29H52O. The van der Waals surface area contributed by atoms with Crippen LogP contribution in [0.1, 0.15) is 147 Å². The Labute approximate surface area is 189 Å². The van der Waals surface area contributed by atoms with E-state index in [0.717, 1.165) is 12.0 Å². The Balaban J connectivity index is 1.70. The fourth-order valence-electron chi connectivity index (χ4n) is 4.47. The molecule has 0 amide bonds. The van der Waals surface area contributed by atoms with Crippen molar-refractivity contribution in [3.63, 3.8) is 0 Å². The van der Waals surface area contributed by atoms with E-state index >= 15 is 0 Å². The van der Waals surface area contributed by atoms with Crippen LogP contribution in [0.2, 0.25) is 0 Å². The van der Waals surface area contributed by atoms with Crippen molar-refractivity contribution in [1.29, 1.82) is 0 Å². The molecule has 0 aliphatic rings. The van der Waals surface area contributed by atoms with Crippen molar-refractivity contribution in [1.82, 2.24) is 0 Å². The number of unbranched alkanes of at least 4 members (excludes halogenated alkanes) is 20. The van der Waals surface area contributed by atoms with Gasteiger partial charge in [0, 0.05) is 0 Å². The summed E-state index contributed by atoms with van der Waals surface area (Å²) in [7, 11) is 0. The molecule has 1 nitrogen and oxygen atoms in total. The van der Waals surface area contributed by atoms with Gasteiger partial charge in [0.1, 0.15) is 5.75 Å². The van der Waals surface area contributed by atoms with Crippen LogP contribution < -0.4 is 0 Å². The van der Waals surface area contributed by atoms with Crippen LogP contribution in [0.3, 0.4) is 0 Å². The maximum atomic E-state index is 9.78. The second-order valence-corrected chi connectivity index (χ2v) is 9.45. The Bertz CT molecular complexity index is 467. The highest BCUT2D eigenvalue weighted by molar-refractivity contribution is 5.31. The summed E-state index contributed by atoms with van der Waals surface area (Å²) in [5.41, 5.74) is 1.11. The lowest BCUT2D eigenvalue weighted by molar-refractivity contribution is 0.465. The van der Waals surface area contributed by atoms with Gasteiger partial charge in [-0.15, -0.1) is 0 Å². The zero-order valence-electron chi connectivity index (χ0n) is 20.3. The van der Waals surface area contributed by atoms with Gasteiger partial charge in [0.2, 0.25) is 0 Å². The number of phenols is 1. The molecule has 1 rings (SSSR count). The van der Waals surface area contributed by atoms with Gasteiger partial charge in [0.05, 0.1) is 0 Å². The smallest absolute Gasteiger partial charge is 0.118 e. The monoisotopic (exact) mass is 416 g/mol. The molecule has 1 aromatic rings. The molecular weight excluding hydrogens is 364 g/mol. The van der Waals surface area contributed by atoms with Gasteiger partial charge >= 0.3 is 0 Å². The Morgan fingerprint density at radius 1 is 0.467 bits per heavy atom. The number of aryl methyl sites for hydroxylation is 1. The molecule has 30 heavy (non-hydrogen) atoms. The van der Waals surface area contributed by atoms with Gasteiger partial charge in [-0.05, 0) is 24.5 Å². The molecule has 1 heteroatoms. The summed E-state index contributed by atoms with van der Waals surface area (Å²) in [6, 6.07) is 7.77. The average Bonchev–Trinajstić information content (AvgIpc) is 2.76. The minimum absolute atomic E-state index is 0.464. The summed E-state index contributed by atoms with van der Waals surface area (Å²) < 4.78 is 0. The quantitative estimate of drug-likeness (QED) is 0.186. The fourth-order valence-corrected chi connectivity index (χ4v) is 4.47. The van der Waals surface area contributed by atoms with Crippen LogP contribution in [0, 0.1) is 0 Å². The maximum Gasteiger partial charge on any atom is 0.118 e. The van der Waals surface area contributed by atoms with Crippen molar-refractivity contribution < 1.29 is 5.11 Å². The Morgan fingerprint density at radius 2 is 0.800 bits per heavy atom. The number of para-hydroxylation sites is 1. The van der Waals surface area contributed by atoms with Gasteiger partial charge in [-0.3, -0.25) is 0 Å². The minimum atomic E-state index is 0.464. The predicted octanol–water partition coefficient (Wildman–Crippen LogP) is 10.1. The lowest BCUT2D eigenvalue weighted by atomic mass is 10.0. The minimum Gasteiger partial charge on any atom is -0.508 e. The number of hydrogen-bond acceptors (Lipinski definition) is 1. The zero-order chi connectivity index (χ0) is 21.5. The van der Waals surface area contributed by atoms with Crippen molar-refractivity contribution in [2.45, 2.75) is 148 Å². The van der Waals surface area contributed by atoms with E-state index in [-0.39, 0.29) is 0 Å². The number of rotatable bonds is 22. The lowest BCUT2D eigenvalue weighted by Crippen LogP contribution is -1.87. The average molecular weight is 417 g/mol. The molecule has 0 unspecified atom stereocenters. The highest BCUT2D eigenvalue weighted by Crippen LogP contribution is 2.19. The Hall–Kier alpha value is -0.980. The molecule has 0 bridgehead atoms. The van der Waals surface area contributed by atoms with E-state index in [1.807, 2.05) is 18.2 Å². The van der Waals surface area contributed by atoms with Crippen LogP contribution >= 0.6 is 0 Å². The Kier molecular flexibility index (Phi) is 19.2. The second kappa shape index (κ2) is 21.3. The SMILES string of the molecule is CCCCCCCCCCCCCCCCCCCCCCCc1ccccc1O. The second-order valence-electron chi connectivity index (χ2n) is 9.45. The normalized spacial score (nSPS) is 11.2.